The lowest BCUT2D eigenvalue weighted by atomic mass is 10.2. The molecule has 6 heteroatoms. The van der Waals surface area contributed by atoms with E-state index in [0.29, 0.717) is 0 Å². The number of hydrogen-bond acceptors (Lipinski definition) is 3. The van der Waals surface area contributed by atoms with Gasteiger partial charge in [0.2, 0.25) is 0 Å². The van der Waals surface area contributed by atoms with E-state index in [1.165, 1.54) is 12.1 Å². The summed E-state index contributed by atoms with van der Waals surface area (Å²) < 4.78 is 29.5. The number of carbonyl (C=O) groups is 1. The summed E-state index contributed by atoms with van der Waals surface area (Å²) in [5, 5.41) is -0.109. The quantitative estimate of drug-likeness (QED) is 0.771. The molecule has 0 saturated carbocycles. The van der Waals surface area contributed by atoms with Crippen LogP contribution in [0.25, 0.3) is 0 Å². The number of alkyl halides is 2. The molecule has 1 aromatic heterocycles. The number of pyridine rings is 1. The number of halogens is 3. The van der Waals surface area contributed by atoms with Crippen molar-refractivity contribution in [2.45, 2.75) is 19.8 Å². The second-order valence-corrected chi connectivity index (χ2v) is 3.36. The Morgan fingerprint density at radius 1 is 1.56 bits per heavy atom. The van der Waals surface area contributed by atoms with Gasteiger partial charge in [0.25, 0.3) is 6.43 Å². The van der Waals surface area contributed by atoms with Crippen molar-refractivity contribution in [3.05, 3.63) is 28.5 Å². The van der Waals surface area contributed by atoms with Gasteiger partial charge in [0.15, 0.2) is 0 Å². The number of aromatic nitrogens is 1. The van der Waals surface area contributed by atoms with Crippen LogP contribution in [0.5, 0.6) is 0 Å². The Balaban J connectivity index is 2.82. The zero-order chi connectivity index (χ0) is 12.1. The molecule has 0 radical (unpaired) electrons. The fourth-order valence-electron chi connectivity index (χ4n) is 1.11. The summed E-state index contributed by atoms with van der Waals surface area (Å²) in [6, 6.07) is 2.72. The molecule has 0 aliphatic rings. The van der Waals surface area contributed by atoms with Gasteiger partial charge in [-0.3, -0.25) is 4.79 Å². The molecular weight excluding hydrogens is 240 g/mol. The molecule has 0 spiro atoms. The molecule has 0 aliphatic heterocycles. The van der Waals surface area contributed by atoms with E-state index in [-0.39, 0.29) is 23.7 Å². The SMILES string of the molecule is CCOC(=O)Cc1ccc(Cl)c(C(F)F)n1. The maximum absolute atomic E-state index is 12.4. The lowest BCUT2D eigenvalue weighted by Gasteiger charge is -2.05. The van der Waals surface area contributed by atoms with Crippen molar-refractivity contribution < 1.29 is 18.3 Å². The molecule has 0 unspecified atom stereocenters. The molecule has 3 nitrogen and oxygen atoms in total. The molecule has 1 heterocycles. The first-order chi connectivity index (χ1) is 7.54. The van der Waals surface area contributed by atoms with Crippen LogP contribution >= 0.6 is 11.6 Å². The van der Waals surface area contributed by atoms with Crippen molar-refractivity contribution in [2.24, 2.45) is 0 Å². The van der Waals surface area contributed by atoms with Gasteiger partial charge in [-0.25, -0.2) is 13.8 Å². The Hall–Kier alpha value is -1.23. The van der Waals surface area contributed by atoms with Crippen LogP contribution in [0, 0.1) is 0 Å². The average Bonchev–Trinajstić information content (AvgIpc) is 2.21. The number of esters is 1. The Bertz CT molecular complexity index is 385. The van der Waals surface area contributed by atoms with Crippen molar-refractivity contribution in [3.63, 3.8) is 0 Å². The zero-order valence-electron chi connectivity index (χ0n) is 8.54. The molecule has 0 fully saturated rings. The number of hydrogen-bond donors (Lipinski definition) is 0. The normalized spacial score (nSPS) is 10.6. The van der Waals surface area contributed by atoms with Crippen molar-refractivity contribution in [2.75, 3.05) is 6.61 Å². The maximum Gasteiger partial charge on any atom is 0.311 e. The third-order valence-corrected chi connectivity index (χ3v) is 2.09. The lowest BCUT2D eigenvalue weighted by molar-refractivity contribution is -0.142. The summed E-state index contributed by atoms with van der Waals surface area (Å²) in [4.78, 5) is 14.7. The Labute approximate surface area is 96.4 Å². The highest BCUT2D eigenvalue weighted by Gasteiger charge is 2.15. The molecule has 0 amide bonds. The molecule has 0 bridgehead atoms. The third-order valence-electron chi connectivity index (χ3n) is 1.77. The number of nitrogens with zero attached hydrogens (tertiary/aromatic N) is 1. The average molecular weight is 250 g/mol. The standard InChI is InChI=1S/C10H10ClF2NO2/c1-2-16-8(15)5-6-3-4-7(11)9(14-6)10(12)13/h3-4,10H,2,5H2,1H3. The Kier molecular flexibility index (Phi) is 4.61. The number of carbonyl (C=O) groups excluding carboxylic acids is 1. The van der Waals surface area contributed by atoms with Crippen LogP contribution in [0.3, 0.4) is 0 Å². The molecule has 0 aromatic carbocycles. The first-order valence-corrected chi connectivity index (χ1v) is 5.01. The molecule has 0 N–H and O–H groups in total. The van der Waals surface area contributed by atoms with Crippen LogP contribution in [0.4, 0.5) is 8.78 Å². The molecule has 1 rings (SSSR count). The van der Waals surface area contributed by atoms with Crippen molar-refractivity contribution in [3.8, 4) is 0 Å². The summed E-state index contributed by atoms with van der Waals surface area (Å²) in [5.41, 5.74) is -0.290. The highest BCUT2D eigenvalue weighted by Crippen LogP contribution is 2.25. The van der Waals surface area contributed by atoms with Gasteiger partial charge in [-0.15, -0.1) is 0 Å². The van der Waals surface area contributed by atoms with Crippen LogP contribution in [-0.4, -0.2) is 17.6 Å². The van der Waals surface area contributed by atoms with Crippen LogP contribution in [0.15, 0.2) is 12.1 Å². The highest BCUT2D eigenvalue weighted by atomic mass is 35.5. The minimum absolute atomic E-state index is 0.109. The second kappa shape index (κ2) is 5.75. The summed E-state index contributed by atoms with van der Waals surface area (Å²) in [7, 11) is 0. The van der Waals surface area contributed by atoms with Crippen LogP contribution in [0.1, 0.15) is 24.7 Å². The predicted octanol–water partition coefficient (Wildman–Crippen LogP) is 2.78. The van der Waals surface area contributed by atoms with E-state index in [1.807, 2.05) is 0 Å². The van der Waals surface area contributed by atoms with E-state index in [1.54, 1.807) is 6.92 Å². The van der Waals surface area contributed by atoms with E-state index in [9.17, 15) is 13.6 Å². The molecule has 0 saturated heterocycles. The Morgan fingerprint density at radius 2 is 2.25 bits per heavy atom. The van der Waals surface area contributed by atoms with Gasteiger partial charge in [0, 0.05) is 0 Å². The fourth-order valence-corrected chi connectivity index (χ4v) is 1.30. The van der Waals surface area contributed by atoms with Gasteiger partial charge in [0.1, 0.15) is 5.69 Å². The maximum atomic E-state index is 12.4. The lowest BCUT2D eigenvalue weighted by Crippen LogP contribution is -2.09. The van der Waals surface area contributed by atoms with E-state index in [0.717, 1.165) is 0 Å². The largest absolute Gasteiger partial charge is 0.466 e. The first kappa shape index (κ1) is 12.8. The summed E-state index contributed by atoms with van der Waals surface area (Å²) in [5.74, 6) is -0.502. The molecule has 0 aliphatic carbocycles. The zero-order valence-corrected chi connectivity index (χ0v) is 9.30. The van der Waals surface area contributed by atoms with Crippen LogP contribution in [0.2, 0.25) is 5.02 Å². The van der Waals surface area contributed by atoms with Gasteiger partial charge in [0.05, 0.1) is 23.7 Å². The molecule has 16 heavy (non-hydrogen) atoms. The van der Waals surface area contributed by atoms with Gasteiger partial charge in [-0.05, 0) is 19.1 Å². The van der Waals surface area contributed by atoms with E-state index in [2.05, 4.69) is 9.72 Å². The topological polar surface area (TPSA) is 39.2 Å². The fraction of sp³-hybridized carbons (Fsp3) is 0.400. The number of rotatable bonds is 4. The van der Waals surface area contributed by atoms with Crippen molar-refractivity contribution in [1.29, 1.82) is 0 Å². The van der Waals surface area contributed by atoms with Gasteiger partial charge in [-0.1, -0.05) is 11.6 Å². The van der Waals surface area contributed by atoms with Crippen LogP contribution < -0.4 is 0 Å². The van der Waals surface area contributed by atoms with Gasteiger partial charge < -0.3 is 4.74 Å². The molecule has 88 valence electrons. The smallest absolute Gasteiger partial charge is 0.311 e. The third kappa shape index (κ3) is 3.41. The molecule has 1 aromatic rings. The minimum atomic E-state index is -2.75. The predicted molar refractivity (Wildman–Crippen MR) is 54.5 cm³/mol. The second-order valence-electron chi connectivity index (χ2n) is 2.95. The van der Waals surface area contributed by atoms with E-state index in [4.69, 9.17) is 11.6 Å². The van der Waals surface area contributed by atoms with Gasteiger partial charge in [-0.2, -0.15) is 0 Å². The number of ether oxygens (including phenoxy) is 1. The van der Waals surface area contributed by atoms with Crippen molar-refractivity contribution in [1.82, 2.24) is 4.98 Å². The monoisotopic (exact) mass is 249 g/mol. The van der Waals surface area contributed by atoms with Crippen LogP contribution in [-0.2, 0) is 16.0 Å². The summed E-state index contributed by atoms with van der Waals surface area (Å²) >= 11 is 5.53. The first-order valence-electron chi connectivity index (χ1n) is 4.63. The summed E-state index contributed by atoms with van der Waals surface area (Å²) in [6.07, 6.45) is -2.89. The van der Waals surface area contributed by atoms with Crippen molar-refractivity contribution >= 4 is 17.6 Å². The summed E-state index contributed by atoms with van der Waals surface area (Å²) in [6.45, 7) is 1.91. The molecular formula is C10H10ClF2NO2. The van der Waals surface area contributed by atoms with E-state index < -0.39 is 18.1 Å². The van der Waals surface area contributed by atoms with E-state index >= 15 is 0 Å². The van der Waals surface area contributed by atoms with Gasteiger partial charge >= 0.3 is 5.97 Å². The molecule has 0 atom stereocenters. The Morgan fingerprint density at radius 3 is 2.81 bits per heavy atom. The highest BCUT2D eigenvalue weighted by molar-refractivity contribution is 6.31. The minimum Gasteiger partial charge on any atom is -0.466 e.